The molecule has 7 nitrogen and oxygen atoms in total. The van der Waals surface area contributed by atoms with Gasteiger partial charge in [0.05, 0.1) is 14.2 Å². The smallest absolute Gasteiger partial charge is 0.321 e. The molecule has 0 aliphatic carbocycles. The van der Waals surface area contributed by atoms with Gasteiger partial charge in [-0.2, -0.15) is 4.98 Å². The van der Waals surface area contributed by atoms with E-state index in [2.05, 4.69) is 51.5 Å². The van der Waals surface area contributed by atoms with Crippen molar-refractivity contribution < 1.29 is 14.0 Å². The van der Waals surface area contributed by atoms with Gasteiger partial charge in [-0.05, 0) is 62.5 Å². The van der Waals surface area contributed by atoms with Crippen LogP contribution in [0.5, 0.6) is 11.5 Å². The lowest BCUT2D eigenvalue weighted by atomic mass is 9.96. The number of ether oxygens (including phenoxy) is 2. The molecule has 164 valence electrons. The number of methoxy groups -OCH3 is 2. The fourth-order valence-corrected chi connectivity index (χ4v) is 4.04. The minimum absolute atomic E-state index is 0.451. The zero-order valence-corrected chi connectivity index (χ0v) is 18.4. The van der Waals surface area contributed by atoms with Crippen molar-refractivity contribution in [3.63, 3.8) is 0 Å². The van der Waals surface area contributed by atoms with Crippen molar-refractivity contribution in [1.82, 2.24) is 15.0 Å². The molecule has 1 fully saturated rings. The molecule has 0 radical (unpaired) electrons. The maximum Gasteiger partial charge on any atom is 0.321 e. The van der Waals surface area contributed by atoms with Gasteiger partial charge in [-0.25, -0.2) is 0 Å². The summed E-state index contributed by atoms with van der Waals surface area (Å²) in [5, 5.41) is 7.41. The third-order valence-electron chi connectivity index (χ3n) is 5.81. The van der Waals surface area contributed by atoms with Crippen LogP contribution in [0, 0.1) is 12.8 Å². The second-order valence-electron chi connectivity index (χ2n) is 8.08. The van der Waals surface area contributed by atoms with Crippen LogP contribution in [0.25, 0.3) is 11.4 Å². The number of nitrogens with zero attached hydrogens (tertiary/aromatic N) is 3. The highest BCUT2D eigenvalue weighted by Crippen LogP contribution is 2.31. The van der Waals surface area contributed by atoms with Crippen molar-refractivity contribution in [3.05, 3.63) is 53.6 Å². The first-order chi connectivity index (χ1) is 15.1. The van der Waals surface area contributed by atoms with Crippen LogP contribution in [0.4, 0.5) is 6.01 Å². The van der Waals surface area contributed by atoms with Gasteiger partial charge in [0.1, 0.15) is 0 Å². The Labute approximate surface area is 183 Å². The normalized spacial score (nSPS) is 15.1. The molecule has 0 unspecified atom stereocenters. The molecule has 2 heterocycles. The molecule has 3 aromatic rings. The summed E-state index contributed by atoms with van der Waals surface area (Å²) in [7, 11) is 3.22. The molecule has 0 bridgehead atoms. The van der Waals surface area contributed by atoms with E-state index in [0.717, 1.165) is 44.6 Å². The van der Waals surface area contributed by atoms with E-state index in [4.69, 9.17) is 14.0 Å². The number of likely N-dealkylation sites (tertiary alicyclic amines) is 1. The number of anilines is 1. The fraction of sp³-hybridized carbons (Fsp3) is 0.417. The van der Waals surface area contributed by atoms with Gasteiger partial charge in [0.25, 0.3) is 0 Å². The first-order valence-corrected chi connectivity index (χ1v) is 10.7. The summed E-state index contributed by atoms with van der Waals surface area (Å²) in [4.78, 5) is 7.01. The zero-order valence-electron chi connectivity index (χ0n) is 18.4. The lowest BCUT2D eigenvalue weighted by molar-refractivity contribution is 0.182. The van der Waals surface area contributed by atoms with Crippen molar-refractivity contribution in [2.75, 3.05) is 39.2 Å². The summed E-state index contributed by atoms with van der Waals surface area (Å²) in [5.41, 5.74) is 3.53. The summed E-state index contributed by atoms with van der Waals surface area (Å²) >= 11 is 0. The zero-order chi connectivity index (χ0) is 21.6. The summed E-state index contributed by atoms with van der Waals surface area (Å²) < 4.78 is 16.0. The van der Waals surface area contributed by atoms with E-state index in [1.807, 2.05) is 18.2 Å². The standard InChI is InChI=1S/C24H30N4O3/c1-17-5-4-6-19(13-17)16-28-11-9-18(10-12-28)15-25-24-26-23(27-31-24)20-7-8-21(29-2)22(14-20)30-3/h4-8,13-14,18H,9-12,15-16H2,1-3H3,(H,25,26,27). The van der Waals surface area contributed by atoms with Crippen molar-refractivity contribution in [3.8, 4) is 22.9 Å². The highest BCUT2D eigenvalue weighted by molar-refractivity contribution is 5.61. The maximum absolute atomic E-state index is 5.40. The Bertz CT molecular complexity index is 996. The minimum atomic E-state index is 0.451. The van der Waals surface area contributed by atoms with Gasteiger partial charge in [0, 0.05) is 18.7 Å². The molecular weight excluding hydrogens is 392 g/mol. The molecule has 1 aliphatic heterocycles. The molecule has 7 heteroatoms. The van der Waals surface area contributed by atoms with E-state index < -0.39 is 0 Å². The number of hydrogen-bond donors (Lipinski definition) is 1. The number of benzene rings is 2. The van der Waals surface area contributed by atoms with Gasteiger partial charge in [-0.15, -0.1) is 0 Å². The first kappa shape index (κ1) is 21.2. The Morgan fingerprint density at radius 1 is 1.06 bits per heavy atom. The maximum atomic E-state index is 5.40. The lowest BCUT2D eigenvalue weighted by Crippen LogP contribution is -2.35. The molecule has 1 aromatic heterocycles. The molecule has 0 amide bonds. The van der Waals surface area contributed by atoms with E-state index >= 15 is 0 Å². The number of piperidine rings is 1. The Morgan fingerprint density at radius 2 is 1.87 bits per heavy atom. The molecular formula is C24H30N4O3. The number of aromatic nitrogens is 2. The number of rotatable bonds is 8. The molecule has 0 saturated carbocycles. The quantitative estimate of drug-likeness (QED) is 0.577. The molecule has 4 rings (SSSR count). The van der Waals surface area contributed by atoms with E-state index in [-0.39, 0.29) is 0 Å². The molecule has 1 N–H and O–H groups in total. The largest absolute Gasteiger partial charge is 0.493 e. The van der Waals surface area contributed by atoms with Gasteiger partial charge >= 0.3 is 6.01 Å². The van der Waals surface area contributed by atoms with Crippen molar-refractivity contribution in [1.29, 1.82) is 0 Å². The van der Waals surface area contributed by atoms with Crippen LogP contribution in [0.1, 0.15) is 24.0 Å². The third-order valence-corrected chi connectivity index (χ3v) is 5.81. The highest BCUT2D eigenvalue weighted by Gasteiger charge is 2.20. The summed E-state index contributed by atoms with van der Waals surface area (Å²) in [6.45, 7) is 6.24. The first-order valence-electron chi connectivity index (χ1n) is 10.7. The van der Waals surface area contributed by atoms with Crippen molar-refractivity contribution in [2.45, 2.75) is 26.3 Å². The van der Waals surface area contributed by atoms with Crippen LogP contribution in [-0.4, -0.2) is 48.9 Å². The van der Waals surface area contributed by atoms with E-state index in [1.165, 1.54) is 11.1 Å². The van der Waals surface area contributed by atoms with Gasteiger partial charge in [-0.3, -0.25) is 4.90 Å². The third kappa shape index (κ3) is 5.35. The van der Waals surface area contributed by atoms with E-state index in [0.29, 0.717) is 29.3 Å². The monoisotopic (exact) mass is 422 g/mol. The van der Waals surface area contributed by atoms with Gasteiger partial charge in [0.2, 0.25) is 5.82 Å². The summed E-state index contributed by atoms with van der Waals surface area (Å²) in [6.07, 6.45) is 2.32. The van der Waals surface area contributed by atoms with Gasteiger partial charge in [0.15, 0.2) is 11.5 Å². The number of nitrogens with one attached hydrogen (secondary N) is 1. The predicted octanol–water partition coefficient (Wildman–Crippen LogP) is 4.39. The Hall–Kier alpha value is -3.06. The van der Waals surface area contributed by atoms with Crippen molar-refractivity contribution in [2.24, 2.45) is 5.92 Å². The van der Waals surface area contributed by atoms with Gasteiger partial charge < -0.3 is 19.3 Å². The van der Waals surface area contributed by atoms with Crippen molar-refractivity contribution >= 4 is 6.01 Å². The summed E-state index contributed by atoms with van der Waals surface area (Å²) in [5.74, 6) is 2.43. The van der Waals surface area contributed by atoms with Crippen LogP contribution in [-0.2, 0) is 6.54 Å². The van der Waals surface area contributed by atoms with Crippen LogP contribution in [0.2, 0.25) is 0 Å². The average molecular weight is 423 g/mol. The Kier molecular flexibility index (Phi) is 6.72. The van der Waals surface area contributed by atoms with Crippen LogP contribution < -0.4 is 14.8 Å². The van der Waals surface area contributed by atoms with Crippen LogP contribution in [0.15, 0.2) is 47.0 Å². The second-order valence-corrected chi connectivity index (χ2v) is 8.08. The minimum Gasteiger partial charge on any atom is -0.493 e. The number of hydrogen-bond acceptors (Lipinski definition) is 7. The highest BCUT2D eigenvalue weighted by atomic mass is 16.5. The summed E-state index contributed by atoms with van der Waals surface area (Å²) in [6, 6.07) is 14.8. The molecule has 1 aliphatic rings. The van der Waals surface area contributed by atoms with Gasteiger partial charge in [-0.1, -0.05) is 35.0 Å². The van der Waals surface area contributed by atoms with Crippen LogP contribution in [0.3, 0.4) is 0 Å². The molecule has 2 aromatic carbocycles. The van der Waals surface area contributed by atoms with E-state index in [9.17, 15) is 0 Å². The number of aryl methyl sites for hydroxylation is 1. The molecule has 0 spiro atoms. The second kappa shape index (κ2) is 9.83. The average Bonchev–Trinajstić information content (AvgIpc) is 3.27. The lowest BCUT2D eigenvalue weighted by Gasteiger charge is -2.32. The van der Waals surface area contributed by atoms with E-state index in [1.54, 1.807) is 14.2 Å². The van der Waals surface area contributed by atoms with Crippen LogP contribution >= 0.6 is 0 Å². The molecule has 0 atom stereocenters. The Balaban J connectivity index is 1.27. The molecule has 1 saturated heterocycles. The fourth-order valence-electron chi connectivity index (χ4n) is 4.04. The SMILES string of the molecule is COc1ccc(-c2noc(NCC3CCN(Cc4cccc(C)c4)CC3)n2)cc1OC. The topological polar surface area (TPSA) is 72.7 Å². The Morgan fingerprint density at radius 3 is 2.61 bits per heavy atom. The predicted molar refractivity (Wildman–Crippen MR) is 121 cm³/mol. The molecule has 31 heavy (non-hydrogen) atoms.